The molecule has 0 bridgehead atoms. The van der Waals surface area contributed by atoms with Gasteiger partial charge in [0.25, 0.3) is 0 Å². The minimum absolute atomic E-state index is 0.0670. The van der Waals surface area contributed by atoms with Crippen LogP contribution in [0.25, 0.3) is 0 Å². The van der Waals surface area contributed by atoms with Crippen LogP contribution in [0, 0.1) is 12.8 Å². The highest BCUT2D eigenvalue weighted by Crippen LogP contribution is 2.39. The van der Waals surface area contributed by atoms with E-state index in [-0.39, 0.29) is 18.9 Å². The summed E-state index contributed by atoms with van der Waals surface area (Å²) in [7, 11) is 1.59. The molecule has 2 rings (SSSR count). The average molecular weight is 366 g/mol. The van der Waals surface area contributed by atoms with Crippen molar-refractivity contribution in [2.45, 2.75) is 44.8 Å². The minimum Gasteiger partial charge on any atom is -0.495 e. The number of methoxy groups -OCH3 is 1. The van der Waals surface area contributed by atoms with Gasteiger partial charge in [0, 0.05) is 10.5 Å². The summed E-state index contributed by atoms with van der Waals surface area (Å²) in [6.45, 7) is 1.96. The molecule has 0 saturated heterocycles. The standard InChI is InChI=1S/C15H19BrF3NO/c1-9-7-11(16)8-13(21-2)14(9)20-12-5-3-10(4-6-12)15(17,18)19/h7-8,10,12,20H,3-6H2,1-2H3. The Bertz CT molecular complexity index is 496. The molecule has 0 aliphatic heterocycles. The molecule has 118 valence electrons. The number of hydrogen-bond donors (Lipinski definition) is 1. The largest absolute Gasteiger partial charge is 0.495 e. The minimum atomic E-state index is -4.06. The molecule has 6 heteroatoms. The maximum atomic E-state index is 12.7. The smallest absolute Gasteiger partial charge is 0.391 e. The predicted molar refractivity (Wildman–Crippen MR) is 80.9 cm³/mol. The number of hydrogen-bond acceptors (Lipinski definition) is 2. The number of ether oxygens (including phenoxy) is 1. The van der Waals surface area contributed by atoms with Crippen LogP contribution in [0.15, 0.2) is 16.6 Å². The van der Waals surface area contributed by atoms with Crippen LogP contribution in [-0.4, -0.2) is 19.3 Å². The van der Waals surface area contributed by atoms with Gasteiger partial charge in [-0.15, -0.1) is 0 Å². The van der Waals surface area contributed by atoms with Crippen molar-refractivity contribution in [3.8, 4) is 5.75 Å². The Morgan fingerprint density at radius 1 is 1.19 bits per heavy atom. The summed E-state index contributed by atoms with van der Waals surface area (Å²) >= 11 is 3.41. The molecule has 1 aliphatic rings. The molecule has 0 aromatic heterocycles. The van der Waals surface area contributed by atoms with Crippen LogP contribution in [0.4, 0.5) is 18.9 Å². The van der Waals surface area contributed by atoms with Crippen molar-refractivity contribution >= 4 is 21.6 Å². The van der Waals surface area contributed by atoms with Gasteiger partial charge in [-0.05, 0) is 50.3 Å². The monoisotopic (exact) mass is 365 g/mol. The topological polar surface area (TPSA) is 21.3 Å². The van der Waals surface area contributed by atoms with E-state index in [4.69, 9.17) is 4.74 Å². The first-order valence-electron chi connectivity index (χ1n) is 6.98. The number of halogens is 4. The number of benzene rings is 1. The second kappa shape index (κ2) is 6.46. The van der Waals surface area contributed by atoms with Crippen LogP contribution in [0.3, 0.4) is 0 Å². The molecule has 0 spiro atoms. The van der Waals surface area contributed by atoms with Gasteiger partial charge in [0.1, 0.15) is 5.75 Å². The van der Waals surface area contributed by atoms with Gasteiger partial charge in [-0.25, -0.2) is 0 Å². The Morgan fingerprint density at radius 3 is 2.33 bits per heavy atom. The molecule has 1 N–H and O–H groups in total. The highest BCUT2D eigenvalue weighted by molar-refractivity contribution is 9.10. The Labute approximate surface area is 131 Å². The zero-order valence-corrected chi connectivity index (χ0v) is 13.6. The lowest BCUT2D eigenvalue weighted by molar-refractivity contribution is -0.182. The molecule has 1 saturated carbocycles. The summed E-state index contributed by atoms with van der Waals surface area (Å²) in [5.41, 5.74) is 1.88. The maximum Gasteiger partial charge on any atom is 0.391 e. The molecule has 1 aromatic rings. The molecule has 1 aliphatic carbocycles. The van der Waals surface area contributed by atoms with E-state index in [0.717, 1.165) is 15.7 Å². The molecule has 0 heterocycles. The second-order valence-corrected chi connectivity index (χ2v) is 6.45. The number of alkyl halides is 3. The Morgan fingerprint density at radius 2 is 1.81 bits per heavy atom. The third-order valence-corrected chi connectivity index (χ3v) is 4.48. The van der Waals surface area contributed by atoms with Crippen LogP contribution in [0.2, 0.25) is 0 Å². The molecule has 2 nitrogen and oxygen atoms in total. The van der Waals surface area contributed by atoms with Gasteiger partial charge < -0.3 is 10.1 Å². The van der Waals surface area contributed by atoms with E-state index in [2.05, 4.69) is 21.2 Å². The highest BCUT2D eigenvalue weighted by atomic mass is 79.9. The summed E-state index contributed by atoms with van der Waals surface area (Å²) in [5, 5.41) is 3.35. The van der Waals surface area contributed by atoms with Crippen LogP contribution < -0.4 is 10.1 Å². The fraction of sp³-hybridized carbons (Fsp3) is 0.600. The summed E-state index contributed by atoms with van der Waals surface area (Å²) < 4.78 is 44.3. The van der Waals surface area contributed by atoms with Gasteiger partial charge in [-0.3, -0.25) is 0 Å². The number of aryl methyl sites for hydroxylation is 1. The van der Waals surface area contributed by atoms with Gasteiger partial charge >= 0.3 is 6.18 Å². The van der Waals surface area contributed by atoms with E-state index in [1.807, 2.05) is 19.1 Å². The van der Waals surface area contributed by atoms with E-state index in [1.54, 1.807) is 7.11 Å². The number of rotatable bonds is 3. The fourth-order valence-electron chi connectivity index (χ4n) is 2.83. The zero-order valence-electron chi connectivity index (χ0n) is 12.1. The second-order valence-electron chi connectivity index (χ2n) is 5.53. The van der Waals surface area contributed by atoms with E-state index in [1.165, 1.54) is 0 Å². The van der Waals surface area contributed by atoms with Crippen molar-refractivity contribution in [1.82, 2.24) is 0 Å². The maximum absolute atomic E-state index is 12.7. The lowest BCUT2D eigenvalue weighted by atomic mass is 9.85. The van der Waals surface area contributed by atoms with Crippen molar-refractivity contribution in [1.29, 1.82) is 0 Å². The molecule has 0 radical (unpaired) electrons. The van der Waals surface area contributed by atoms with Crippen molar-refractivity contribution in [2.24, 2.45) is 5.92 Å². The predicted octanol–water partition coefficient (Wildman–Crippen LogP) is 5.30. The summed E-state index contributed by atoms with van der Waals surface area (Å²) in [4.78, 5) is 0. The third kappa shape index (κ3) is 4.05. The molecule has 21 heavy (non-hydrogen) atoms. The molecule has 0 unspecified atom stereocenters. The van der Waals surface area contributed by atoms with Crippen LogP contribution in [0.5, 0.6) is 5.75 Å². The quantitative estimate of drug-likeness (QED) is 0.784. The first kappa shape index (κ1) is 16.5. The molecule has 1 fully saturated rings. The molecule has 1 aromatic carbocycles. The summed E-state index contributed by atoms with van der Waals surface area (Å²) in [5.74, 6) is -0.441. The van der Waals surface area contributed by atoms with E-state index in [9.17, 15) is 13.2 Å². The van der Waals surface area contributed by atoms with Crippen LogP contribution in [-0.2, 0) is 0 Å². The SMILES string of the molecule is COc1cc(Br)cc(C)c1NC1CCC(C(F)(F)F)CC1. The van der Waals surface area contributed by atoms with E-state index >= 15 is 0 Å². The third-order valence-electron chi connectivity index (χ3n) is 4.02. The van der Waals surface area contributed by atoms with Crippen LogP contribution >= 0.6 is 15.9 Å². The van der Waals surface area contributed by atoms with Crippen molar-refractivity contribution in [3.05, 3.63) is 22.2 Å². The van der Waals surface area contributed by atoms with Crippen LogP contribution in [0.1, 0.15) is 31.2 Å². The lowest BCUT2D eigenvalue weighted by Gasteiger charge is -2.31. The first-order chi connectivity index (χ1) is 9.81. The van der Waals surface area contributed by atoms with Crippen molar-refractivity contribution < 1.29 is 17.9 Å². The van der Waals surface area contributed by atoms with Crippen molar-refractivity contribution in [3.63, 3.8) is 0 Å². The molecule has 0 amide bonds. The van der Waals surface area contributed by atoms with Gasteiger partial charge in [0.15, 0.2) is 0 Å². The summed E-state index contributed by atoms with van der Waals surface area (Å²) in [6, 6.07) is 3.89. The lowest BCUT2D eigenvalue weighted by Crippen LogP contribution is -2.33. The average Bonchev–Trinajstić information content (AvgIpc) is 2.41. The Balaban J connectivity index is 2.04. The van der Waals surface area contributed by atoms with Crippen molar-refractivity contribution in [2.75, 3.05) is 12.4 Å². The molecule has 0 atom stereocenters. The highest BCUT2D eigenvalue weighted by Gasteiger charge is 2.41. The normalized spacial score (nSPS) is 23.0. The first-order valence-corrected chi connectivity index (χ1v) is 7.78. The van der Waals surface area contributed by atoms with E-state index in [0.29, 0.717) is 18.6 Å². The Hall–Kier alpha value is -0.910. The fourth-order valence-corrected chi connectivity index (χ4v) is 3.38. The molecular formula is C15H19BrF3NO. The zero-order chi connectivity index (χ0) is 15.6. The van der Waals surface area contributed by atoms with Gasteiger partial charge in [-0.1, -0.05) is 15.9 Å². The van der Waals surface area contributed by atoms with E-state index < -0.39 is 12.1 Å². The van der Waals surface area contributed by atoms with Gasteiger partial charge in [-0.2, -0.15) is 13.2 Å². The summed E-state index contributed by atoms with van der Waals surface area (Å²) in [6.07, 6.45) is -2.61. The number of anilines is 1. The van der Waals surface area contributed by atoms with Gasteiger partial charge in [0.05, 0.1) is 18.7 Å². The van der Waals surface area contributed by atoms with Gasteiger partial charge in [0.2, 0.25) is 0 Å². The number of nitrogens with one attached hydrogen (secondary N) is 1. The Kier molecular flexibility index (Phi) is 5.07. The molecular weight excluding hydrogens is 347 g/mol.